The third-order valence-electron chi connectivity index (χ3n) is 5.96. The topological polar surface area (TPSA) is 70.2 Å². The smallest absolute Gasteiger partial charge is 0.229 e. The van der Waals surface area contributed by atoms with Gasteiger partial charge in [-0.15, -0.1) is 0 Å². The number of rotatable bonds is 6. The van der Waals surface area contributed by atoms with Crippen molar-refractivity contribution in [2.75, 3.05) is 11.9 Å². The number of anilines is 1. The molecule has 34 heavy (non-hydrogen) atoms. The molecular formula is C26H32Cl2FN3O2. The van der Waals surface area contributed by atoms with E-state index in [-0.39, 0.29) is 28.3 Å². The average molecular weight is 508 g/mol. The van der Waals surface area contributed by atoms with E-state index >= 15 is 0 Å². The second kappa shape index (κ2) is 11.5. The maximum absolute atomic E-state index is 14.7. The molecular weight excluding hydrogens is 476 g/mol. The van der Waals surface area contributed by atoms with Gasteiger partial charge < -0.3 is 16.0 Å². The summed E-state index contributed by atoms with van der Waals surface area (Å²) in [5.74, 6) is -1.32. The molecule has 4 rings (SSSR count). The van der Waals surface area contributed by atoms with Gasteiger partial charge >= 0.3 is 0 Å². The normalized spacial score (nSPS) is 21.9. The number of carbonyl (C=O) groups excluding carboxylic acids is 2. The van der Waals surface area contributed by atoms with E-state index in [1.165, 1.54) is 18.9 Å². The number of hydrogen-bond acceptors (Lipinski definition) is 3. The first-order valence-corrected chi connectivity index (χ1v) is 12.3. The highest BCUT2D eigenvalue weighted by molar-refractivity contribution is 6.31. The average Bonchev–Trinajstić information content (AvgIpc) is 3.48. The van der Waals surface area contributed by atoms with Gasteiger partial charge in [0.25, 0.3) is 0 Å². The Balaban J connectivity index is 0.000000469. The highest BCUT2D eigenvalue weighted by Crippen LogP contribution is 2.39. The van der Waals surface area contributed by atoms with Crippen LogP contribution in [0.2, 0.25) is 10.0 Å². The van der Waals surface area contributed by atoms with E-state index in [0.29, 0.717) is 28.9 Å². The zero-order valence-corrected chi connectivity index (χ0v) is 21.2. The SMILES string of the molecule is CC(C)(C)CC1NC[C@H](c2cccc(Cl)c2F)C1C(=O)Nc1cccc(Cl)c1.O=CNC1CC1. The van der Waals surface area contributed by atoms with Crippen LogP contribution in [0.1, 0.15) is 51.5 Å². The predicted octanol–water partition coefficient (Wildman–Crippen LogP) is 5.77. The van der Waals surface area contributed by atoms with E-state index in [1.54, 1.807) is 36.4 Å². The van der Waals surface area contributed by atoms with Gasteiger partial charge in [0.05, 0.1) is 10.9 Å². The summed E-state index contributed by atoms with van der Waals surface area (Å²) in [4.78, 5) is 22.8. The molecule has 2 aromatic carbocycles. The lowest BCUT2D eigenvalue weighted by atomic mass is 9.78. The first-order chi connectivity index (χ1) is 16.1. The van der Waals surface area contributed by atoms with Gasteiger partial charge in [0.15, 0.2) is 0 Å². The van der Waals surface area contributed by atoms with Crippen molar-refractivity contribution in [3.05, 3.63) is 63.9 Å². The van der Waals surface area contributed by atoms with Crippen LogP contribution in [0.3, 0.4) is 0 Å². The summed E-state index contributed by atoms with van der Waals surface area (Å²) < 4.78 is 14.7. The van der Waals surface area contributed by atoms with Gasteiger partial charge in [-0.25, -0.2) is 4.39 Å². The predicted molar refractivity (Wildman–Crippen MR) is 136 cm³/mol. The van der Waals surface area contributed by atoms with Gasteiger partial charge in [0.2, 0.25) is 12.3 Å². The summed E-state index contributed by atoms with van der Waals surface area (Å²) in [5, 5.41) is 9.66. The molecule has 1 heterocycles. The van der Waals surface area contributed by atoms with Crippen molar-refractivity contribution in [3.8, 4) is 0 Å². The number of halogens is 3. The van der Waals surface area contributed by atoms with Crippen molar-refractivity contribution in [2.45, 2.75) is 58.0 Å². The van der Waals surface area contributed by atoms with Crippen LogP contribution in [0.4, 0.5) is 10.1 Å². The van der Waals surface area contributed by atoms with Crippen LogP contribution >= 0.6 is 23.2 Å². The maximum atomic E-state index is 14.7. The number of benzene rings is 2. The zero-order valence-electron chi connectivity index (χ0n) is 19.7. The number of hydrogen-bond donors (Lipinski definition) is 3. The fraction of sp³-hybridized carbons (Fsp3) is 0.462. The number of amides is 2. The van der Waals surface area contributed by atoms with E-state index in [9.17, 15) is 14.0 Å². The van der Waals surface area contributed by atoms with Crippen LogP contribution in [0, 0.1) is 17.2 Å². The lowest BCUT2D eigenvalue weighted by molar-refractivity contribution is -0.120. The summed E-state index contributed by atoms with van der Waals surface area (Å²) in [6.45, 7) is 6.92. The van der Waals surface area contributed by atoms with Crippen molar-refractivity contribution in [1.82, 2.24) is 10.6 Å². The highest BCUT2D eigenvalue weighted by atomic mass is 35.5. The van der Waals surface area contributed by atoms with Crippen molar-refractivity contribution in [2.24, 2.45) is 11.3 Å². The largest absolute Gasteiger partial charge is 0.356 e. The molecule has 1 saturated carbocycles. The van der Waals surface area contributed by atoms with Crippen LogP contribution in [0.5, 0.6) is 0 Å². The lowest BCUT2D eigenvalue weighted by Gasteiger charge is -2.29. The molecule has 0 spiro atoms. The van der Waals surface area contributed by atoms with Gasteiger partial charge in [0.1, 0.15) is 5.82 Å². The first-order valence-electron chi connectivity index (χ1n) is 11.5. The molecule has 2 amide bonds. The summed E-state index contributed by atoms with van der Waals surface area (Å²) in [6, 6.07) is 12.5. The Bertz CT molecular complexity index is 1010. The fourth-order valence-corrected chi connectivity index (χ4v) is 4.66. The van der Waals surface area contributed by atoms with Crippen LogP contribution in [0.25, 0.3) is 0 Å². The molecule has 3 atom stereocenters. The Morgan fingerprint density at radius 3 is 2.47 bits per heavy atom. The van der Waals surface area contributed by atoms with Crippen molar-refractivity contribution < 1.29 is 14.0 Å². The Morgan fingerprint density at radius 1 is 1.18 bits per heavy atom. The van der Waals surface area contributed by atoms with Crippen LogP contribution < -0.4 is 16.0 Å². The Morgan fingerprint density at radius 2 is 1.88 bits per heavy atom. The van der Waals surface area contributed by atoms with E-state index in [4.69, 9.17) is 23.2 Å². The maximum Gasteiger partial charge on any atom is 0.229 e. The molecule has 2 aromatic rings. The molecule has 1 aliphatic carbocycles. The Hall–Kier alpha value is -2.15. The Labute approximate surface area is 210 Å². The van der Waals surface area contributed by atoms with Crippen molar-refractivity contribution >= 4 is 41.2 Å². The number of nitrogens with one attached hydrogen (secondary N) is 3. The molecule has 2 aliphatic rings. The van der Waals surface area contributed by atoms with Crippen LogP contribution in [0.15, 0.2) is 42.5 Å². The highest BCUT2D eigenvalue weighted by Gasteiger charge is 2.44. The van der Waals surface area contributed by atoms with Gasteiger partial charge in [-0.05, 0) is 54.5 Å². The molecule has 1 saturated heterocycles. The molecule has 2 unspecified atom stereocenters. The van der Waals surface area contributed by atoms with E-state index < -0.39 is 11.7 Å². The minimum Gasteiger partial charge on any atom is -0.356 e. The van der Waals surface area contributed by atoms with E-state index in [2.05, 4.69) is 36.7 Å². The second-order valence-corrected chi connectivity index (χ2v) is 11.0. The van der Waals surface area contributed by atoms with Gasteiger partial charge in [-0.2, -0.15) is 0 Å². The zero-order chi connectivity index (χ0) is 24.9. The lowest BCUT2D eigenvalue weighted by Crippen LogP contribution is -2.38. The molecule has 0 bridgehead atoms. The van der Waals surface area contributed by atoms with E-state index in [1.807, 2.05) is 0 Å². The summed E-state index contributed by atoms with van der Waals surface area (Å²) in [5.41, 5.74) is 1.13. The number of carbonyl (C=O) groups is 2. The quantitative estimate of drug-likeness (QED) is 0.434. The van der Waals surface area contributed by atoms with Crippen molar-refractivity contribution in [1.29, 1.82) is 0 Å². The summed E-state index contributed by atoms with van der Waals surface area (Å²) in [6.07, 6.45) is 3.91. The molecule has 0 aromatic heterocycles. The van der Waals surface area contributed by atoms with Crippen LogP contribution in [-0.2, 0) is 9.59 Å². The fourth-order valence-electron chi connectivity index (χ4n) is 4.29. The minimum atomic E-state index is -0.451. The molecule has 1 aliphatic heterocycles. The standard InChI is InChI=1S/C22H25Cl2FN2O.C4H7NO/c1-22(2,3)11-18-19(21(28)27-14-7-4-6-13(23)10-14)16(12-26-18)15-8-5-9-17(24)20(15)25;6-3-5-4-1-2-4/h4-10,16,18-19,26H,11-12H2,1-3H3,(H,27,28);3-4H,1-2H2,(H,5,6)/t16-,18?,19?;/m1./s1. The third kappa shape index (κ3) is 7.42. The summed E-state index contributed by atoms with van der Waals surface area (Å²) in [7, 11) is 0. The molecule has 3 N–H and O–H groups in total. The van der Waals surface area contributed by atoms with Gasteiger partial charge in [-0.1, -0.05) is 62.2 Å². The molecule has 8 heteroatoms. The monoisotopic (exact) mass is 507 g/mol. The van der Waals surface area contributed by atoms with Crippen molar-refractivity contribution in [3.63, 3.8) is 0 Å². The van der Waals surface area contributed by atoms with Gasteiger partial charge in [-0.3, -0.25) is 9.59 Å². The molecule has 2 fully saturated rings. The minimum absolute atomic E-state index is 0.0218. The first kappa shape index (κ1) is 26.5. The van der Waals surface area contributed by atoms with Crippen LogP contribution in [-0.4, -0.2) is 30.9 Å². The molecule has 5 nitrogen and oxygen atoms in total. The second-order valence-electron chi connectivity index (χ2n) is 10.1. The molecule has 0 radical (unpaired) electrons. The van der Waals surface area contributed by atoms with Gasteiger partial charge in [0, 0.05) is 35.3 Å². The summed E-state index contributed by atoms with van der Waals surface area (Å²) >= 11 is 12.0. The third-order valence-corrected chi connectivity index (χ3v) is 6.48. The molecule has 184 valence electrons. The van der Waals surface area contributed by atoms with E-state index in [0.717, 1.165) is 12.8 Å². The Kier molecular flexibility index (Phi) is 8.96.